The molecule has 3 aromatic heterocycles. The number of amides is 2. The Labute approximate surface area is 177 Å². The van der Waals surface area contributed by atoms with Gasteiger partial charge in [0.05, 0.1) is 17.3 Å². The topological polar surface area (TPSA) is 108 Å². The minimum Gasteiger partial charge on any atom is -0.350 e. The van der Waals surface area contributed by atoms with Gasteiger partial charge in [-0.25, -0.2) is 4.52 Å². The predicted octanol–water partition coefficient (Wildman–Crippen LogP) is 2.25. The van der Waals surface area contributed by atoms with Gasteiger partial charge in [0.1, 0.15) is 10.8 Å². The number of hydrogen-bond acceptors (Lipinski definition) is 4. The first-order valence-corrected chi connectivity index (χ1v) is 10.0. The van der Waals surface area contributed by atoms with E-state index in [1.54, 1.807) is 35.1 Å². The summed E-state index contributed by atoms with van der Waals surface area (Å²) in [6.45, 7) is 4.57. The first-order chi connectivity index (χ1) is 14.3. The third-order valence-corrected chi connectivity index (χ3v) is 6.22. The number of nitrogens with one attached hydrogen (secondary N) is 3. The largest absolute Gasteiger partial charge is 0.350 e. The van der Waals surface area contributed by atoms with E-state index < -0.39 is 0 Å². The molecule has 30 heavy (non-hydrogen) atoms. The summed E-state index contributed by atoms with van der Waals surface area (Å²) < 4.78 is 1.67. The standard InChI is InChI=1S/C21H22ClN5O3/c1-21(2)12(11-23-20(30)15-9-13(28)10-18(22)25-15)8-17(21)26-19(29)14-4-3-7-27-16(14)5-6-24-27/h3-7,9-10,12,17H,8,11H2,1-2H3,(H,23,30)(H,25,28)(H,26,29). The lowest BCUT2D eigenvalue weighted by Crippen LogP contribution is -2.60. The van der Waals surface area contributed by atoms with Gasteiger partial charge in [0, 0.05) is 30.9 Å². The van der Waals surface area contributed by atoms with Crippen molar-refractivity contribution in [2.24, 2.45) is 11.3 Å². The summed E-state index contributed by atoms with van der Waals surface area (Å²) in [5, 5.41) is 10.2. The van der Waals surface area contributed by atoms with Crippen LogP contribution in [0.5, 0.6) is 0 Å². The number of fused-ring (bicyclic) bond motifs is 1. The maximum atomic E-state index is 12.8. The van der Waals surface area contributed by atoms with Gasteiger partial charge in [-0.2, -0.15) is 5.10 Å². The van der Waals surface area contributed by atoms with Crippen LogP contribution < -0.4 is 16.1 Å². The lowest BCUT2D eigenvalue weighted by atomic mass is 9.58. The van der Waals surface area contributed by atoms with E-state index in [4.69, 9.17) is 11.6 Å². The van der Waals surface area contributed by atoms with Gasteiger partial charge < -0.3 is 15.6 Å². The highest BCUT2D eigenvalue weighted by Crippen LogP contribution is 2.46. The van der Waals surface area contributed by atoms with Crippen LogP contribution in [-0.4, -0.2) is 39.0 Å². The Morgan fingerprint density at radius 1 is 1.30 bits per heavy atom. The van der Waals surface area contributed by atoms with Crippen molar-refractivity contribution in [2.75, 3.05) is 6.54 Å². The number of halogens is 1. The molecule has 8 nitrogen and oxygen atoms in total. The Morgan fingerprint density at radius 2 is 2.10 bits per heavy atom. The lowest BCUT2D eigenvalue weighted by molar-refractivity contribution is 0.0150. The highest BCUT2D eigenvalue weighted by atomic mass is 35.5. The number of pyridine rings is 2. The zero-order valence-electron chi connectivity index (χ0n) is 16.6. The summed E-state index contributed by atoms with van der Waals surface area (Å²) in [6, 6.07) is 7.79. The van der Waals surface area contributed by atoms with E-state index in [1.165, 1.54) is 12.1 Å². The zero-order chi connectivity index (χ0) is 21.5. The molecule has 1 fully saturated rings. The van der Waals surface area contributed by atoms with Gasteiger partial charge in [0.2, 0.25) is 0 Å². The average Bonchev–Trinajstić information content (AvgIpc) is 3.17. The number of H-pyrrole nitrogens is 1. The molecule has 2 amide bonds. The normalized spacial score (nSPS) is 19.8. The second kappa shape index (κ2) is 7.60. The molecule has 4 rings (SSSR count). The van der Waals surface area contributed by atoms with Crippen molar-refractivity contribution in [1.29, 1.82) is 0 Å². The summed E-state index contributed by atoms with van der Waals surface area (Å²) in [7, 11) is 0. The van der Waals surface area contributed by atoms with Crippen molar-refractivity contribution in [2.45, 2.75) is 26.3 Å². The Morgan fingerprint density at radius 3 is 2.83 bits per heavy atom. The van der Waals surface area contributed by atoms with Crippen LogP contribution in [0.1, 0.15) is 41.1 Å². The number of nitrogens with zero attached hydrogens (tertiary/aromatic N) is 2. The molecule has 0 radical (unpaired) electrons. The van der Waals surface area contributed by atoms with Crippen molar-refractivity contribution in [1.82, 2.24) is 25.2 Å². The van der Waals surface area contributed by atoms with Gasteiger partial charge in [-0.05, 0) is 36.0 Å². The molecule has 0 saturated heterocycles. The van der Waals surface area contributed by atoms with Crippen LogP contribution in [0.25, 0.3) is 5.52 Å². The van der Waals surface area contributed by atoms with Crippen molar-refractivity contribution in [3.63, 3.8) is 0 Å². The molecule has 1 aliphatic carbocycles. The third kappa shape index (κ3) is 3.70. The molecule has 0 aromatic carbocycles. The van der Waals surface area contributed by atoms with Crippen molar-refractivity contribution < 1.29 is 9.59 Å². The van der Waals surface area contributed by atoms with E-state index >= 15 is 0 Å². The average molecular weight is 428 g/mol. The van der Waals surface area contributed by atoms with Crippen molar-refractivity contribution in [3.05, 3.63) is 69.4 Å². The molecule has 1 aliphatic rings. The Bertz CT molecular complexity index is 1180. The van der Waals surface area contributed by atoms with Crippen LogP contribution >= 0.6 is 11.6 Å². The second-order valence-corrected chi connectivity index (χ2v) is 8.56. The van der Waals surface area contributed by atoms with Crippen molar-refractivity contribution in [3.8, 4) is 0 Å². The molecule has 3 heterocycles. The van der Waals surface area contributed by atoms with Gasteiger partial charge >= 0.3 is 0 Å². The number of carbonyl (C=O) groups is 2. The third-order valence-electron chi connectivity index (χ3n) is 6.02. The summed E-state index contributed by atoms with van der Waals surface area (Å²) >= 11 is 5.81. The minimum absolute atomic E-state index is 0.0129. The molecule has 2 unspecified atom stereocenters. The first kappa shape index (κ1) is 20.2. The zero-order valence-corrected chi connectivity index (χ0v) is 17.4. The van der Waals surface area contributed by atoms with E-state index in [1.807, 2.05) is 0 Å². The Balaban J connectivity index is 1.36. The first-order valence-electron chi connectivity index (χ1n) is 9.67. The number of aromatic nitrogens is 3. The summed E-state index contributed by atoms with van der Waals surface area (Å²) in [5.74, 6) is -0.341. The molecule has 0 aliphatic heterocycles. The summed E-state index contributed by atoms with van der Waals surface area (Å²) in [4.78, 5) is 39.3. The fraction of sp³-hybridized carbons (Fsp3) is 0.333. The fourth-order valence-corrected chi connectivity index (χ4v) is 4.14. The molecule has 0 bridgehead atoms. The minimum atomic E-state index is -0.384. The Hall–Kier alpha value is -3.13. The summed E-state index contributed by atoms with van der Waals surface area (Å²) in [6.07, 6.45) is 4.20. The van der Waals surface area contributed by atoms with E-state index in [2.05, 4.69) is 34.6 Å². The van der Waals surface area contributed by atoms with Gasteiger partial charge in [-0.1, -0.05) is 25.4 Å². The van der Waals surface area contributed by atoms with E-state index in [9.17, 15) is 14.4 Å². The molecule has 1 saturated carbocycles. The number of hydrogen-bond donors (Lipinski definition) is 3. The predicted molar refractivity (Wildman–Crippen MR) is 113 cm³/mol. The maximum absolute atomic E-state index is 12.8. The number of rotatable bonds is 5. The van der Waals surface area contributed by atoms with Crippen molar-refractivity contribution >= 4 is 28.9 Å². The Kier molecular flexibility index (Phi) is 5.11. The van der Waals surface area contributed by atoms with Crippen LogP contribution in [0.2, 0.25) is 5.15 Å². The lowest BCUT2D eigenvalue weighted by Gasteiger charge is -2.52. The van der Waals surface area contributed by atoms with Crippen LogP contribution in [0, 0.1) is 11.3 Å². The quantitative estimate of drug-likeness (QED) is 0.542. The molecule has 156 valence electrons. The smallest absolute Gasteiger partial charge is 0.267 e. The van der Waals surface area contributed by atoms with E-state index in [0.29, 0.717) is 12.1 Å². The molecule has 3 N–H and O–H groups in total. The van der Waals surface area contributed by atoms with Gasteiger partial charge in [-0.15, -0.1) is 0 Å². The monoisotopic (exact) mass is 427 g/mol. The maximum Gasteiger partial charge on any atom is 0.267 e. The van der Waals surface area contributed by atoms with E-state index in [-0.39, 0.29) is 45.5 Å². The van der Waals surface area contributed by atoms with Crippen LogP contribution in [0.3, 0.4) is 0 Å². The molecular formula is C21H22ClN5O3. The van der Waals surface area contributed by atoms with Crippen LogP contribution in [0.15, 0.2) is 47.5 Å². The fourth-order valence-electron chi connectivity index (χ4n) is 3.93. The SMILES string of the molecule is CC1(C)C(CNC(=O)c2cc(=O)cc(Cl)[nH]2)CC1NC(=O)c1cccn2nccc12. The van der Waals surface area contributed by atoms with E-state index in [0.717, 1.165) is 11.9 Å². The van der Waals surface area contributed by atoms with Gasteiger partial charge in [-0.3, -0.25) is 14.4 Å². The molecular weight excluding hydrogens is 406 g/mol. The molecule has 0 spiro atoms. The molecule has 3 aromatic rings. The van der Waals surface area contributed by atoms with Gasteiger partial charge in [0.25, 0.3) is 11.8 Å². The van der Waals surface area contributed by atoms with Crippen LogP contribution in [0.4, 0.5) is 0 Å². The number of carbonyl (C=O) groups excluding carboxylic acids is 2. The molecule has 9 heteroatoms. The highest BCUT2D eigenvalue weighted by molar-refractivity contribution is 6.29. The second-order valence-electron chi connectivity index (χ2n) is 8.15. The number of aromatic amines is 1. The van der Waals surface area contributed by atoms with Gasteiger partial charge in [0.15, 0.2) is 5.43 Å². The van der Waals surface area contributed by atoms with Crippen LogP contribution in [-0.2, 0) is 0 Å². The highest BCUT2D eigenvalue weighted by Gasteiger charge is 2.48. The summed E-state index contributed by atoms with van der Waals surface area (Å²) in [5.41, 5.74) is 0.932. The molecule has 2 atom stereocenters.